The summed E-state index contributed by atoms with van der Waals surface area (Å²) < 4.78 is 0. The number of hydrogen-bond acceptors (Lipinski definition) is 3. The number of amides is 1. The van der Waals surface area contributed by atoms with Crippen molar-refractivity contribution in [2.75, 3.05) is 5.73 Å². The number of nitrogens with two attached hydrogens (primary N) is 2. The standard InChI is InChI=1S/C13H14N2OS/c1-7-3-4-8(2)9(5-7)10-6-17-13(15)11(10)12(14)16/h3-6H,15H2,1-2H3,(H2,14,16). The minimum absolute atomic E-state index is 0.434. The van der Waals surface area contributed by atoms with Crippen LogP contribution in [0.4, 0.5) is 5.00 Å². The molecule has 0 aliphatic carbocycles. The second kappa shape index (κ2) is 4.22. The highest BCUT2D eigenvalue weighted by atomic mass is 32.1. The number of aryl methyl sites for hydroxylation is 2. The van der Waals surface area contributed by atoms with E-state index in [9.17, 15) is 4.79 Å². The van der Waals surface area contributed by atoms with Gasteiger partial charge in [0.1, 0.15) is 0 Å². The molecular weight excluding hydrogens is 232 g/mol. The fourth-order valence-corrected chi connectivity index (χ4v) is 2.67. The van der Waals surface area contributed by atoms with Gasteiger partial charge in [0.2, 0.25) is 0 Å². The second-order valence-electron chi connectivity index (χ2n) is 4.07. The number of rotatable bonds is 2. The highest BCUT2D eigenvalue weighted by Gasteiger charge is 2.17. The third-order valence-corrected chi connectivity index (χ3v) is 3.56. The van der Waals surface area contributed by atoms with E-state index in [0.29, 0.717) is 10.6 Å². The number of carbonyl (C=O) groups excluding carboxylic acids is 1. The molecule has 0 unspecified atom stereocenters. The van der Waals surface area contributed by atoms with Gasteiger partial charge in [-0.15, -0.1) is 11.3 Å². The Bertz CT molecular complexity index is 587. The lowest BCUT2D eigenvalue weighted by Gasteiger charge is -2.07. The van der Waals surface area contributed by atoms with E-state index >= 15 is 0 Å². The van der Waals surface area contributed by atoms with E-state index < -0.39 is 5.91 Å². The largest absolute Gasteiger partial charge is 0.390 e. The molecule has 0 fully saturated rings. The Labute approximate surface area is 104 Å². The van der Waals surface area contributed by atoms with E-state index in [1.807, 2.05) is 37.4 Å². The molecule has 0 bridgehead atoms. The lowest BCUT2D eigenvalue weighted by atomic mass is 9.97. The molecule has 4 heteroatoms. The molecule has 4 N–H and O–H groups in total. The van der Waals surface area contributed by atoms with Crippen LogP contribution in [-0.2, 0) is 0 Å². The average Bonchev–Trinajstić information content (AvgIpc) is 2.64. The van der Waals surface area contributed by atoms with Crippen LogP contribution in [0, 0.1) is 13.8 Å². The Morgan fingerprint density at radius 1 is 1.24 bits per heavy atom. The van der Waals surface area contributed by atoms with Crippen molar-refractivity contribution in [3.63, 3.8) is 0 Å². The summed E-state index contributed by atoms with van der Waals surface area (Å²) in [4.78, 5) is 11.4. The van der Waals surface area contributed by atoms with Crippen LogP contribution in [0.15, 0.2) is 23.6 Å². The Morgan fingerprint density at radius 3 is 2.59 bits per heavy atom. The zero-order chi connectivity index (χ0) is 12.6. The Hall–Kier alpha value is -1.81. The molecule has 0 saturated carbocycles. The van der Waals surface area contributed by atoms with Crippen LogP contribution in [0.1, 0.15) is 21.5 Å². The van der Waals surface area contributed by atoms with Gasteiger partial charge in [-0.25, -0.2) is 0 Å². The number of nitrogen functional groups attached to an aromatic ring is 1. The zero-order valence-corrected chi connectivity index (χ0v) is 10.6. The minimum atomic E-state index is -0.473. The first kappa shape index (κ1) is 11.7. The minimum Gasteiger partial charge on any atom is -0.390 e. The third-order valence-electron chi connectivity index (χ3n) is 2.75. The number of hydrogen-bond donors (Lipinski definition) is 2. The van der Waals surface area contributed by atoms with E-state index in [1.54, 1.807) is 0 Å². The van der Waals surface area contributed by atoms with Crippen LogP contribution >= 0.6 is 11.3 Å². The molecule has 0 radical (unpaired) electrons. The van der Waals surface area contributed by atoms with Crippen molar-refractivity contribution < 1.29 is 4.79 Å². The Kier molecular flexibility index (Phi) is 2.90. The third kappa shape index (κ3) is 2.03. The molecule has 0 spiro atoms. The molecule has 0 saturated heterocycles. The van der Waals surface area contributed by atoms with Gasteiger partial charge in [-0.1, -0.05) is 23.8 Å². The molecule has 0 aliphatic heterocycles. The first-order chi connectivity index (χ1) is 8.00. The van der Waals surface area contributed by atoms with Crippen molar-refractivity contribution in [3.8, 4) is 11.1 Å². The quantitative estimate of drug-likeness (QED) is 0.855. The number of thiophene rings is 1. The fourth-order valence-electron chi connectivity index (χ4n) is 1.85. The molecule has 3 nitrogen and oxygen atoms in total. The number of benzene rings is 1. The van der Waals surface area contributed by atoms with Crippen LogP contribution in [-0.4, -0.2) is 5.91 Å². The highest BCUT2D eigenvalue weighted by Crippen LogP contribution is 2.35. The van der Waals surface area contributed by atoms with Crippen molar-refractivity contribution in [1.82, 2.24) is 0 Å². The maximum atomic E-state index is 11.4. The summed E-state index contributed by atoms with van der Waals surface area (Å²) in [6.07, 6.45) is 0. The van der Waals surface area contributed by atoms with E-state index in [0.717, 1.165) is 22.3 Å². The van der Waals surface area contributed by atoms with Crippen molar-refractivity contribution in [1.29, 1.82) is 0 Å². The van der Waals surface area contributed by atoms with Gasteiger partial charge >= 0.3 is 0 Å². The molecule has 1 heterocycles. The van der Waals surface area contributed by atoms with Crippen molar-refractivity contribution in [3.05, 3.63) is 40.3 Å². The summed E-state index contributed by atoms with van der Waals surface area (Å²) in [6.45, 7) is 4.02. The summed E-state index contributed by atoms with van der Waals surface area (Å²) in [5.41, 5.74) is 15.7. The van der Waals surface area contributed by atoms with Crippen molar-refractivity contribution in [2.24, 2.45) is 5.73 Å². The average molecular weight is 246 g/mol. The molecule has 0 aliphatic rings. The summed E-state index contributed by atoms with van der Waals surface area (Å²) in [5, 5.41) is 2.37. The van der Waals surface area contributed by atoms with Crippen LogP contribution in [0.25, 0.3) is 11.1 Å². The predicted octanol–water partition coefficient (Wildman–Crippen LogP) is 2.71. The molecule has 17 heavy (non-hydrogen) atoms. The summed E-state index contributed by atoms with van der Waals surface area (Å²) in [7, 11) is 0. The van der Waals surface area contributed by atoms with Gasteiger partial charge in [-0.2, -0.15) is 0 Å². The van der Waals surface area contributed by atoms with Gasteiger partial charge in [-0.05, 0) is 25.0 Å². The van der Waals surface area contributed by atoms with Gasteiger partial charge in [0.15, 0.2) is 0 Å². The van der Waals surface area contributed by atoms with Gasteiger partial charge in [0.25, 0.3) is 5.91 Å². The summed E-state index contributed by atoms with van der Waals surface area (Å²) >= 11 is 1.35. The number of carbonyl (C=O) groups is 1. The summed E-state index contributed by atoms with van der Waals surface area (Å²) in [5.74, 6) is -0.473. The molecule has 1 aromatic carbocycles. The zero-order valence-electron chi connectivity index (χ0n) is 9.78. The highest BCUT2D eigenvalue weighted by molar-refractivity contribution is 7.15. The van der Waals surface area contributed by atoms with Crippen LogP contribution in [0.2, 0.25) is 0 Å². The maximum Gasteiger partial charge on any atom is 0.252 e. The molecule has 1 aromatic heterocycles. The summed E-state index contributed by atoms with van der Waals surface area (Å²) in [6, 6.07) is 6.12. The van der Waals surface area contributed by atoms with Crippen molar-refractivity contribution in [2.45, 2.75) is 13.8 Å². The molecular formula is C13H14N2OS. The fraction of sp³-hybridized carbons (Fsp3) is 0.154. The second-order valence-corrected chi connectivity index (χ2v) is 4.98. The van der Waals surface area contributed by atoms with Crippen LogP contribution < -0.4 is 11.5 Å². The van der Waals surface area contributed by atoms with Gasteiger partial charge in [-0.3, -0.25) is 4.79 Å². The molecule has 1 amide bonds. The van der Waals surface area contributed by atoms with Gasteiger partial charge in [0, 0.05) is 10.9 Å². The normalized spacial score (nSPS) is 10.5. The number of anilines is 1. The SMILES string of the molecule is Cc1ccc(C)c(-c2csc(N)c2C(N)=O)c1. The monoisotopic (exact) mass is 246 g/mol. The molecule has 0 atom stereocenters. The van der Waals surface area contributed by atoms with Gasteiger partial charge < -0.3 is 11.5 Å². The Morgan fingerprint density at radius 2 is 1.94 bits per heavy atom. The van der Waals surface area contributed by atoms with Crippen LogP contribution in [0.5, 0.6) is 0 Å². The lowest BCUT2D eigenvalue weighted by Crippen LogP contribution is -2.13. The topological polar surface area (TPSA) is 69.1 Å². The predicted molar refractivity (Wildman–Crippen MR) is 72.2 cm³/mol. The van der Waals surface area contributed by atoms with E-state index in [4.69, 9.17) is 11.5 Å². The smallest absolute Gasteiger partial charge is 0.252 e. The van der Waals surface area contributed by atoms with Crippen molar-refractivity contribution >= 4 is 22.2 Å². The molecule has 88 valence electrons. The molecule has 2 rings (SSSR count). The Balaban J connectivity index is 2.68. The maximum absolute atomic E-state index is 11.4. The van der Waals surface area contributed by atoms with Crippen LogP contribution in [0.3, 0.4) is 0 Å². The first-order valence-electron chi connectivity index (χ1n) is 5.25. The van der Waals surface area contributed by atoms with Gasteiger partial charge in [0.05, 0.1) is 10.6 Å². The lowest BCUT2D eigenvalue weighted by molar-refractivity contribution is 0.100. The van der Waals surface area contributed by atoms with E-state index in [2.05, 4.69) is 0 Å². The van der Waals surface area contributed by atoms with E-state index in [-0.39, 0.29) is 0 Å². The first-order valence-corrected chi connectivity index (χ1v) is 6.13. The number of primary amides is 1. The van der Waals surface area contributed by atoms with E-state index in [1.165, 1.54) is 11.3 Å². The molecule has 2 aromatic rings.